The van der Waals surface area contributed by atoms with Crippen molar-refractivity contribution < 1.29 is 14.1 Å². The third-order valence-electron chi connectivity index (χ3n) is 5.17. The molecule has 1 aliphatic heterocycles. The molecule has 4 atom stereocenters. The normalized spacial score (nSPS) is 27.9. The predicted octanol–water partition coefficient (Wildman–Crippen LogP) is 5.01. The lowest BCUT2D eigenvalue weighted by Crippen LogP contribution is -2.49. The monoisotopic (exact) mass is 391 g/mol. The lowest BCUT2D eigenvalue weighted by atomic mass is 9.81. The number of hydrogen-bond acceptors (Lipinski definition) is 4. The van der Waals surface area contributed by atoms with Gasteiger partial charge in [-0.25, -0.2) is 8.57 Å². The molecule has 0 amide bonds. The minimum atomic E-state index is -2.98. The van der Waals surface area contributed by atoms with Crippen LogP contribution in [0.3, 0.4) is 0 Å². The van der Waals surface area contributed by atoms with Crippen molar-refractivity contribution in [1.29, 1.82) is 0 Å². The Balaban J connectivity index is 2.71. The van der Waals surface area contributed by atoms with E-state index >= 15 is 0 Å². The van der Waals surface area contributed by atoms with Crippen molar-refractivity contribution in [3.05, 3.63) is 54.0 Å². The predicted molar refractivity (Wildman–Crippen MR) is 112 cm³/mol. The number of aliphatic hydroxyl groups is 1. The topological polar surface area (TPSA) is 58.9 Å². The van der Waals surface area contributed by atoms with Gasteiger partial charge in [0.1, 0.15) is 9.73 Å². The van der Waals surface area contributed by atoms with Crippen LogP contribution in [0.15, 0.2) is 63.2 Å². The van der Waals surface area contributed by atoms with Gasteiger partial charge in [0.15, 0.2) is 0 Å². The quantitative estimate of drug-likeness (QED) is 0.665. The van der Waals surface area contributed by atoms with Crippen molar-refractivity contribution in [2.45, 2.75) is 57.3 Å². The van der Waals surface area contributed by atoms with Gasteiger partial charge in [-0.1, -0.05) is 58.0 Å². The molecule has 1 unspecified atom stereocenters. The first-order valence-electron chi connectivity index (χ1n) is 9.63. The maximum Gasteiger partial charge on any atom is 0.202 e. The van der Waals surface area contributed by atoms with Crippen LogP contribution in [0, 0.1) is 17.8 Å². The second-order valence-corrected chi connectivity index (χ2v) is 10.1. The molecule has 1 N–H and O–H groups in total. The average Bonchev–Trinajstić information content (AvgIpc) is 2.66. The number of rotatable bonds is 7. The van der Waals surface area contributed by atoms with Crippen molar-refractivity contribution in [2.24, 2.45) is 22.1 Å². The number of allylic oxidation sites excluding steroid dienone is 1. The van der Waals surface area contributed by atoms with Crippen molar-refractivity contribution in [3.63, 3.8) is 0 Å². The molecule has 0 saturated heterocycles. The van der Waals surface area contributed by atoms with Gasteiger partial charge in [-0.3, -0.25) is 0 Å². The van der Waals surface area contributed by atoms with Gasteiger partial charge in [-0.15, -0.1) is 6.58 Å². The zero-order chi connectivity index (χ0) is 20.2. The third kappa shape index (κ3) is 4.36. The molecular weight excluding hydrogens is 358 g/mol. The number of ether oxygens (including phenoxy) is 1. The Morgan fingerprint density at radius 2 is 1.89 bits per heavy atom. The lowest BCUT2D eigenvalue weighted by Gasteiger charge is -2.45. The fraction of sp³-hybridized carbons (Fsp3) is 0.545. The summed E-state index contributed by atoms with van der Waals surface area (Å²) in [6, 6.07) is 9.14. The number of benzene rings is 1. The first kappa shape index (κ1) is 21.9. The molecule has 0 spiro atoms. The molecule has 1 heterocycles. The summed E-state index contributed by atoms with van der Waals surface area (Å²) in [6.45, 7) is 12.2. The first-order chi connectivity index (χ1) is 12.7. The smallest absolute Gasteiger partial charge is 0.202 e. The summed E-state index contributed by atoms with van der Waals surface area (Å²) in [5.41, 5.74) is 0. The standard InChI is InChI=1S/C22H33NO3S/c1-7-8-14-22(24)20(15-19(16(2)3)21(26-22)17(4)5)27(25,23-6)18-12-10-9-11-13-18/h7,9-13,15-17,19,21,24H,1,8,14H2,2-6H3/t19-,21-,22+,27?/m0/s1. The maximum atomic E-state index is 14.0. The second kappa shape index (κ2) is 8.72. The van der Waals surface area contributed by atoms with Crippen LogP contribution < -0.4 is 0 Å². The SMILES string of the molecule is C=CCC[C@@]1(O)O[C@@H](C(C)C)[C@H](C(C)C)C=C1S(=O)(=NC)c1ccccc1. The van der Waals surface area contributed by atoms with E-state index in [2.05, 4.69) is 38.6 Å². The summed E-state index contributed by atoms with van der Waals surface area (Å²) in [6.07, 6.45) is 4.42. The van der Waals surface area contributed by atoms with Crippen LogP contribution in [0.5, 0.6) is 0 Å². The molecule has 1 aliphatic rings. The van der Waals surface area contributed by atoms with E-state index in [1.807, 2.05) is 24.3 Å². The van der Waals surface area contributed by atoms with Gasteiger partial charge in [-0.2, -0.15) is 0 Å². The van der Waals surface area contributed by atoms with Gasteiger partial charge in [0.2, 0.25) is 5.79 Å². The molecule has 150 valence electrons. The summed E-state index contributed by atoms with van der Waals surface area (Å²) >= 11 is 0. The second-order valence-electron chi connectivity index (χ2n) is 7.81. The minimum Gasteiger partial charge on any atom is -0.361 e. The number of hydrogen-bond donors (Lipinski definition) is 1. The van der Waals surface area contributed by atoms with Gasteiger partial charge in [-0.05, 0) is 30.4 Å². The molecule has 0 aliphatic carbocycles. The molecule has 2 rings (SSSR count). The molecule has 27 heavy (non-hydrogen) atoms. The Hall–Kier alpha value is -1.43. The van der Waals surface area contributed by atoms with Gasteiger partial charge < -0.3 is 9.84 Å². The van der Waals surface area contributed by atoms with E-state index < -0.39 is 15.5 Å². The van der Waals surface area contributed by atoms with Crippen molar-refractivity contribution in [1.82, 2.24) is 0 Å². The van der Waals surface area contributed by atoms with E-state index in [-0.39, 0.29) is 23.9 Å². The number of nitrogens with zero attached hydrogens (tertiary/aromatic N) is 1. The van der Waals surface area contributed by atoms with E-state index in [0.717, 1.165) is 0 Å². The van der Waals surface area contributed by atoms with Crippen LogP contribution >= 0.6 is 0 Å². The zero-order valence-electron chi connectivity index (χ0n) is 17.1. The van der Waals surface area contributed by atoms with E-state index in [4.69, 9.17) is 4.74 Å². The fourth-order valence-corrected chi connectivity index (χ4v) is 5.75. The first-order valence-corrected chi connectivity index (χ1v) is 11.1. The lowest BCUT2D eigenvalue weighted by molar-refractivity contribution is -0.231. The molecule has 0 bridgehead atoms. The molecule has 0 aromatic heterocycles. The molecule has 0 radical (unpaired) electrons. The minimum absolute atomic E-state index is 0.0512. The average molecular weight is 392 g/mol. The summed E-state index contributed by atoms with van der Waals surface area (Å²) in [7, 11) is -1.44. The fourth-order valence-electron chi connectivity index (χ4n) is 3.64. The van der Waals surface area contributed by atoms with E-state index in [1.165, 1.54) is 0 Å². The molecule has 0 saturated carbocycles. The summed E-state index contributed by atoms with van der Waals surface area (Å²) in [4.78, 5) is 0.964. The third-order valence-corrected chi connectivity index (χ3v) is 7.65. The van der Waals surface area contributed by atoms with Gasteiger partial charge in [0, 0.05) is 19.4 Å². The van der Waals surface area contributed by atoms with Crippen molar-refractivity contribution in [3.8, 4) is 0 Å². The highest BCUT2D eigenvalue weighted by Crippen LogP contribution is 2.44. The highest BCUT2D eigenvalue weighted by Gasteiger charge is 2.47. The Morgan fingerprint density at radius 1 is 1.26 bits per heavy atom. The highest BCUT2D eigenvalue weighted by atomic mass is 32.2. The molecular formula is C22H33NO3S. The Morgan fingerprint density at radius 3 is 2.37 bits per heavy atom. The van der Waals surface area contributed by atoms with Gasteiger partial charge in [0.25, 0.3) is 0 Å². The Bertz CT molecular complexity index is 791. The van der Waals surface area contributed by atoms with Crippen LogP contribution in [-0.2, 0) is 14.5 Å². The maximum absolute atomic E-state index is 14.0. The molecule has 4 nitrogen and oxygen atoms in total. The molecule has 5 heteroatoms. The van der Waals surface area contributed by atoms with E-state index in [1.54, 1.807) is 25.3 Å². The zero-order valence-corrected chi connectivity index (χ0v) is 17.9. The molecule has 0 fully saturated rings. The molecule has 1 aromatic carbocycles. The van der Waals surface area contributed by atoms with E-state index in [0.29, 0.717) is 22.6 Å². The van der Waals surface area contributed by atoms with E-state index in [9.17, 15) is 9.32 Å². The largest absolute Gasteiger partial charge is 0.361 e. The summed E-state index contributed by atoms with van der Waals surface area (Å²) in [5, 5.41) is 11.5. The Kier molecular flexibility index (Phi) is 7.06. The summed E-state index contributed by atoms with van der Waals surface area (Å²) in [5.74, 6) is -1.07. The van der Waals surface area contributed by atoms with Crippen LogP contribution in [0.1, 0.15) is 40.5 Å². The van der Waals surface area contributed by atoms with Gasteiger partial charge >= 0.3 is 0 Å². The Labute approximate surface area is 164 Å². The van der Waals surface area contributed by atoms with Crippen molar-refractivity contribution >= 4 is 9.73 Å². The van der Waals surface area contributed by atoms with Crippen molar-refractivity contribution in [2.75, 3.05) is 7.05 Å². The highest BCUT2D eigenvalue weighted by molar-refractivity contribution is 7.97. The van der Waals surface area contributed by atoms with Crippen LogP contribution in [-0.4, -0.2) is 28.3 Å². The summed E-state index contributed by atoms with van der Waals surface area (Å²) < 4.78 is 24.6. The van der Waals surface area contributed by atoms with Crippen LogP contribution in [0.2, 0.25) is 0 Å². The molecule has 1 aromatic rings. The van der Waals surface area contributed by atoms with Crippen LogP contribution in [0.25, 0.3) is 0 Å². The van der Waals surface area contributed by atoms with Crippen LogP contribution in [0.4, 0.5) is 0 Å². The van der Waals surface area contributed by atoms with Gasteiger partial charge in [0.05, 0.1) is 15.9 Å².